The predicted octanol–water partition coefficient (Wildman–Crippen LogP) is 3.89. The molecule has 2 nitrogen and oxygen atoms in total. The van der Waals surface area contributed by atoms with Crippen molar-refractivity contribution in [3.63, 3.8) is 0 Å². The minimum Gasteiger partial charge on any atom is -0.399 e. The number of nitrogen functional groups attached to an aromatic ring is 1. The van der Waals surface area contributed by atoms with Gasteiger partial charge in [0.2, 0.25) is 0 Å². The molecule has 0 spiro atoms. The van der Waals surface area contributed by atoms with E-state index >= 15 is 0 Å². The zero-order valence-electron chi connectivity index (χ0n) is 11.4. The molecule has 2 aromatic carbocycles. The predicted molar refractivity (Wildman–Crippen MR) is 81.4 cm³/mol. The zero-order valence-corrected chi connectivity index (χ0v) is 11.4. The Balaban J connectivity index is 2.09. The molecule has 0 saturated heterocycles. The van der Waals surface area contributed by atoms with Gasteiger partial charge in [0.15, 0.2) is 0 Å². The Morgan fingerprint density at radius 2 is 1.79 bits per heavy atom. The van der Waals surface area contributed by atoms with Gasteiger partial charge in [0.25, 0.3) is 0 Å². The van der Waals surface area contributed by atoms with E-state index in [1.54, 1.807) is 0 Å². The van der Waals surface area contributed by atoms with Crippen LogP contribution in [-0.4, -0.2) is 4.57 Å². The molecular weight excluding hydrogens is 232 g/mol. The van der Waals surface area contributed by atoms with Gasteiger partial charge in [-0.2, -0.15) is 0 Å². The number of fused-ring (bicyclic) bond motifs is 1. The maximum Gasteiger partial charge on any atom is 0.0486 e. The van der Waals surface area contributed by atoms with Crippen LogP contribution in [0.4, 0.5) is 5.69 Å². The van der Waals surface area contributed by atoms with Gasteiger partial charge in [0, 0.05) is 29.3 Å². The molecule has 0 amide bonds. The summed E-state index contributed by atoms with van der Waals surface area (Å²) in [6.45, 7) is 5.11. The summed E-state index contributed by atoms with van der Waals surface area (Å²) in [7, 11) is 0. The fourth-order valence-electron chi connectivity index (χ4n) is 2.62. The number of anilines is 1. The molecule has 0 atom stereocenters. The number of benzene rings is 2. The van der Waals surface area contributed by atoms with E-state index in [1.165, 1.54) is 27.6 Å². The van der Waals surface area contributed by atoms with Crippen LogP contribution in [0.3, 0.4) is 0 Å². The number of aromatic nitrogens is 1. The largest absolute Gasteiger partial charge is 0.399 e. The number of nitrogens with two attached hydrogens (primary N) is 1. The van der Waals surface area contributed by atoms with Gasteiger partial charge in [-0.1, -0.05) is 30.3 Å². The van der Waals surface area contributed by atoms with Crippen molar-refractivity contribution in [3.05, 3.63) is 65.4 Å². The number of nitrogens with zero attached hydrogens (tertiary/aromatic N) is 1. The number of hydrogen-bond acceptors (Lipinski definition) is 1. The van der Waals surface area contributed by atoms with Crippen LogP contribution in [0.2, 0.25) is 0 Å². The Morgan fingerprint density at radius 1 is 1.00 bits per heavy atom. The molecule has 0 saturated carbocycles. The molecule has 0 aliphatic heterocycles. The second-order valence-electron chi connectivity index (χ2n) is 5.09. The third kappa shape index (κ3) is 1.99. The minimum absolute atomic E-state index is 0.866. The van der Waals surface area contributed by atoms with Gasteiger partial charge in [-0.05, 0) is 42.7 Å². The first kappa shape index (κ1) is 11.8. The second-order valence-corrected chi connectivity index (χ2v) is 5.09. The van der Waals surface area contributed by atoms with Crippen LogP contribution in [0.25, 0.3) is 10.9 Å². The topological polar surface area (TPSA) is 30.9 Å². The highest BCUT2D eigenvalue weighted by Crippen LogP contribution is 2.23. The minimum atomic E-state index is 0.866. The Bertz CT molecular complexity index is 738. The summed E-state index contributed by atoms with van der Waals surface area (Å²) < 4.78 is 2.30. The number of para-hydroxylation sites is 1. The highest BCUT2D eigenvalue weighted by Gasteiger charge is 2.07. The highest BCUT2D eigenvalue weighted by molar-refractivity contribution is 5.83. The fraction of sp³-hybridized carbons (Fsp3) is 0.176. The third-order valence-electron chi connectivity index (χ3n) is 3.82. The van der Waals surface area contributed by atoms with Crippen molar-refractivity contribution in [1.82, 2.24) is 4.57 Å². The summed E-state index contributed by atoms with van der Waals surface area (Å²) in [6.07, 6.45) is 2.22. The lowest BCUT2D eigenvalue weighted by Gasteiger charge is -2.10. The van der Waals surface area contributed by atoms with Crippen molar-refractivity contribution >= 4 is 16.6 Å². The maximum atomic E-state index is 5.98. The standard InChI is InChI=1S/C17H18N2/c1-12-10-19(17-9-4-3-7-15(12)17)11-14-6-5-8-16(18)13(14)2/h3-10H,11,18H2,1-2H3. The molecule has 2 N–H and O–H groups in total. The fourth-order valence-corrected chi connectivity index (χ4v) is 2.62. The average Bonchev–Trinajstić information content (AvgIpc) is 2.73. The lowest BCUT2D eigenvalue weighted by atomic mass is 10.1. The maximum absolute atomic E-state index is 5.98. The van der Waals surface area contributed by atoms with E-state index in [9.17, 15) is 0 Å². The summed E-state index contributed by atoms with van der Waals surface area (Å²) in [5.74, 6) is 0. The quantitative estimate of drug-likeness (QED) is 0.687. The zero-order chi connectivity index (χ0) is 13.4. The molecule has 19 heavy (non-hydrogen) atoms. The first-order valence-corrected chi connectivity index (χ1v) is 6.55. The molecule has 0 radical (unpaired) electrons. The van der Waals surface area contributed by atoms with Crippen molar-refractivity contribution in [2.24, 2.45) is 0 Å². The van der Waals surface area contributed by atoms with E-state index in [2.05, 4.69) is 54.9 Å². The molecule has 0 aliphatic carbocycles. The molecule has 1 heterocycles. The van der Waals surface area contributed by atoms with Gasteiger partial charge in [-0.25, -0.2) is 0 Å². The molecule has 1 aromatic heterocycles. The molecule has 2 heteroatoms. The summed E-state index contributed by atoms with van der Waals surface area (Å²) >= 11 is 0. The van der Waals surface area contributed by atoms with E-state index in [4.69, 9.17) is 5.73 Å². The van der Waals surface area contributed by atoms with Crippen LogP contribution in [-0.2, 0) is 6.54 Å². The second kappa shape index (κ2) is 4.47. The van der Waals surface area contributed by atoms with Crippen LogP contribution >= 0.6 is 0 Å². The molecule has 0 fully saturated rings. The van der Waals surface area contributed by atoms with Gasteiger partial charge in [-0.15, -0.1) is 0 Å². The molecule has 0 bridgehead atoms. The summed E-state index contributed by atoms with van der Waals surface area (Å²) in [5.41, 5.74) is 11.9. The first-order chi connectivity index (χ1) is 9.16. The van der Waals surface area contributed by atoms with Gasteiger partial charge in [-0.3, -0.25) is 0 Å². The van der Waals surface area contributed by atoms with E-state index in [0.29, 0.717) is 0 Å². The van der Waals surface area contributed by atoms with E-state index in [0.717, 1.165) is 12.2 Å². The van der Waals surface area contributed by atoms with Crippen molar-refractivity contribution in [2.45, 2.75) is 20.4 Å². The summed E-state index contributed by atoms with van der Waals surface area (Å²) in [6, 6.07) is 14.6. The van der Waals surface area contributed by atoms with E-state index < -0.39 is 0 Å². The molecule has 0 unspecified atom stereocenters. The summed E-state index contributed by atoms with van der Waals surface area (Å²) in [4.78, 5) is 0. The Morgan fingerprint density at radius 3 is 2.63 bits per heavy atom. The Hall–Kier alpha value is -2.22. The molecule has 3 aromatic rings. The van der Waals surface area contributed by atoms with Crippen molar-refractivity contribution < 1.29 is 0 Å². The van der Waals surface area contributed by atoms with Crippen molar-refractivity contribution in [2.75, 3.05) is 5.73 Å². The number of aryl methyl sites for hydroxylation is 1. The molecular formula is C17H18N2. The number of hydrogen-bond donors (Lipinski definition) is 1. The molecule has 3 rings (SSSR count). The Kier molecular flexibility index (Phi) is 2.79. The smallest absolute Gasteiger partial charge is 0.0486 e. The monoisotopic (exact) mass is 250 g/mol. The lowest BCUT2D eigenvalue weighted by Crippen LogP contribution is -2.02. The normalized spacial score (nSPS) is 11.1. The Labute approximate surface area is 113 Å². The van der Waals surface area contributed by atoms with Crippen molar-refractivity contribution in [3.8, 4) is 0 Å². The molecule has 0 aliphatic rings. The number of rotatable bonds is 2. The third-order valence-corrected chi connectivity index (χ3v) is 3.82. The van der Waals surface area contributed by atoms with Gasteiger partial charge in [0.1, 0.15) is 0 Å². The molecule has 96 valence electrons. The van der Waals surface area contributed by atoms with E-state index in [1.807, 2.05) is 12.1 Å². The first-order valence-electron chi connectivity index (χ1n) is 6.55. The van der Waals surface area contributed by atoms with Crippen LogP contribution in [0.5, 0.6) is 0 Å². The average molecular weight is 250 g/mol. The van der Waals surface area contributed by atoms with Crippen LogP contribution < -0.4 is 5.73 Å². The van der Waals surface area contributed by atoms with Gasteiger partial charge >= 0.3 is 0 Å². The van der Waals surface area contributed by atoms with Gasteiger partial charge < -0.3 is 10.3 Å². The highest BCUT2D eigenvalue weighted by atomic mass is 15.0. The summed E-state index contributed by atoms with van der Waals surface area (Å²) in [5, 5.41) is 1.32. The SMILES string of the molecule is Cc1c(N)cccc1Cn1cc(C)c2ccccc21. The van der Waals surface area contributed by atoms with Crippen LogP contribution in [0, 0.1) is 13.8 Å². The lowest BCUT2D eigenvalue weighted by molar-refractivity contribution is 0.828. The van der Waals surface area contributed by atoms with Gasteiger partial charge in [0.05, 0.1) is 0 Å². The van der Waals surface area contributed by atoms with Crippen LogP contribution in [0.15, 0.2) is 48.7 Å². The van der Waals surface area contributed by atoms with E-state index in [-0.39, 0.29) is 0 Å². The van der Waals surface area contributed by atoms with Crippen molar-refractivity contribution in [1.29, 1.82) is 0 Å². The van der Waals surface area contributed by atoms with Crippen LogP contribution in [0.1, 0.15) is 16.7 Å².